The highest BCUT2D eigenvalue weighted by atomic mass is 16.6. The highest BCUT2D eigenvalue weighted by Crippen LogP contribution is 2.64. The van der Waals surface area contributed by atoms with Crippen molar-refractivity contribution in [1.29, 1.82) is 5.26 Å². The third-order valence-corrected chi connectivity index (χ3v) is 9.40. The molecule has 7 rings (SSSR count). The predicted octanol–water partition coefficient (Wildman–Crippen LogP) is 2.28. The summed E-state index contributed by atoms with van der Waals surface area (Å²) in [7, 11) is 0. The number of amides is 1. The van der Waals surface area contributed by atoms with E-state index in [9.17, 15) is 14.9 Å². The van der Waals surface area contributed by atoms with Gasteiger partial charge in [0.1, 0.15) is 17.7 Å². The molecule has 6 aliphatic rings. The maximum Gasteiger partial charge on any atom is 0.323 e. The summed E-state index contributed by atoms with van der Waals surface area (Å²) in [5, 5.41) is 9.58. The van der Waals surface area contributed by atoms with E-state index in [1.54, 1.807) is 4.90 Å². The fourth-order valence-corrected chi connectivity index (χ4v) is 8.28. The van der Waals surface area contributed by atoms with Crippen molar-refractivity contribution in [1.82, 2.24) is 4.90 Å². The minimum atomic E-state index is -0.713. The van der Waals surface area contributed by atoms with Crippen LogP contribution >= 0.6 is 0 Å². The van der Waals surface area contributed by atoms with Gasteiger partial charge in [-0.05, 0) is 86.5 Å². The average Bonchev–Trinajstić information content (AvgIpc) is 3.47. The molecule has 7 nitrogen and oxygen atoms in total. The molecule has 7 heteroatoms. The fraction of sp³-hybridized carbons (Fsp3) is 0.667. The normalized spacial score (nSPS) is 40.9. The molecule has 1 aromatic rings. The second kappa shape index (κ2) is 7.79. The number of piperidine rings is 1. The van der Waals surface area contributed by atoms with E-state index in [1.807, 2.05) is 30.3 Å². The lowest BCUT2D eigenvalue weighted by Gasteiger charge is -2.62. The summed E-state index contributed by atoms with van der Waals surface area (Å²) < 4.78 is 6.24. The number of carbonyl (C=O) groups is 2. The van der Waals surface area contributed by atoms with Crippen molar-refractivity contribution in [2.75, 3.05) is 0 Å². The van der Waals surface area contributed by atoms with Gasteiger partial charge in [-0.1, -0.05) is 30.3 Å². The first-order valence-electron chi connectivity index (χ1n) is 12.8. The summed E-state index contributed by atoms with van der Waals surface area (Å²) in [6.07, 6.45) is 7.45. The van der Waals surface area contributed by atoms with Crippen LogP contribution < -0.4 is 11.5 Å². The molecule has 1 aromatic carbocycles. The molecule has 5 saturated carbocycles. The molecule has 7 atom stereocenters. The van der Waals surface area contributed by atoms with Gasteiger partial charge in [0.25, 0.3) is 0 Å². The molecular formula is C27H34N4O3. The largest absolute Gasteiger partial charge is 0.458 e. The van der Waals surface area contributed by atoms with E-state index in [2.05, 4.69) is 6.07 Å². The van der Waals surface area contributed by atoms with Gasteiger partial charge in [0.15, 0.2) is 0 Å². The number of benzene rings is 1. The minimum Gasteiger partial charge on any atom is -0.458 e. The van der Waals surface area contributed by atoms with Crippen molar-refractivity contribution < 1.29 is 14.3 Å². The Balaban J connectivity index is 1.20. The molecule has 1 heterocycles. The second-order valence-corrected chi connectivity index (χ2v) is 11.9. The van der Waals surface area contributed by atoms with Crippen LogP contribution in [0.3, 0.4) is 0 Å². The van der Waals surface area contributed by atoms with Crippen LogP contribution in [0.2, 0.25) is 0 Å². The average molecular weight is 463 g/mol. The van der Waals surface area contributed by atoms with Crippen molar-refractivity contribution in [2.24, 2.45) is 34.6 Å². The zero-order valence-corrected chi connectivity index (χ0v) is 19.6. The molecular weight excluding hydrogens is 428 g/mol. The van der Waals surface area contributed by atoms with E-state index >= 15 is 0 Å². The third-order valence-electron chi connectivity index (χ3n) is 9.40. The van der Waals surface area contributed by atoms with E-state index < -0.39 is 17.7 Å². The lowest BCUT2D eigenvalue weighted by atomic mass is 9.46. The number of nitrogens with zero attached hydrogens (tertiary/aromatic N) is 2. The first kappa shape index (κ1) is 22.1. The van der Waals surface area contributed by atoms with Crippen molar-refractivity contribution in [3.63, 3.8) is 0 Å². The van der Waals surface area contributed by atoms with Crippen LogP contribution in [0, 0.1) is 34.5 Å². The molecule has 0 spiro atoms. The molecule has 0 radical (unpaired) electrons. The molecule has 5 aliphatic carbocycles. The zero-order chi connectivity index (χ0) is 23.7. The van der Waals surface area contributed by atoms with Gasteiger partial charge in [-0.2, -0.15) is 5.26 Å². The number of hydrogen-bond donors (Lipinski definition) is 2. The Bertz CT molecular complexity index is 1020. The van der Waals surface area contributed by atoms with Gasteiger partial charge < -0.3 is 21.1 Å². The first-order valence-corrected chi connectivity index (χ1v) is 12.8. The number of nitrogens with two attached hydrogens (primary N) is 2. The van der Waals surface area contributed by atoms with Gasteiger partial charge in [0.05, 0.1) is 12.1 Å². The highest BCUT2D eigenvalue weighted by molar-refractivity contribution is 5.84. The van der Waals surface area contributed by atoms with Crippen molar-refractivity contribution >= 4 is 11.9 Å². The SMILES string of the molecule is N#C[C@@H]1C[C@@H]2C[C@@H]2N1C(=O)[C@@H](N)C12CC3CC(CC(OC(=O)[C@@H](N)Cc4ccccc4)(C3)C1)C2. The Morgan fingerprint density at radius 1 is 1.09 bits per heavy atom. The first-order chi connectivity index (χ1) is 16.3. The molecule has 4 N–H and O–H groups in total. The summed E-state index contributed by atoms with van der Waals surface area (Å²) in [6, 6.07) is 10.6. The number of likely N-dealkylation sites (tertiary alicyclic amines) is 1. The van der Waals surface area contributed by atoms with Gasteiger partial charge >= 0.3 is 5.97 Å². The predicted molar refractivity (Wildman–Crippen MR) is 125 cm³/mol. The summed E-state index contributed by atoms with van der Waals surface area (Å²) in [4.78, 5) is 28.5. The third kappa shape index (κ3) is 3.54. The molecule has 2 unspecified atom stereocenters. The van der Waals surface area contributed by atoms with Crippen LogP contribution in [0.4, 0.5) is 0 Å². The standard InChI is InChI=1S/C27H34N4O3/c28-14-20-8-19-9-22(19)31(20)24(32)23(30)26-10-17-6-18(11-26)13-27(12-17,15-26)34-25(33)21(29)7-16-4-2-1-3-5-16/h1-5,17-23H,6-13,15,29-30H2/t17?,18?,19-,20+,21+,22+,23-,26?,27?/m1/s1. The van der Waals surface area contributed by atoms with Crippen LogP contribution in [0.15, 0.2) is 30.3 Å². The maximum atomic E-state index is 13.6. The van der Waals surface area contributed by atoms with Crippen molar-refractivity contribution in [2.45, 2.75) is 87.6 Å². The van der Waals surface area contributed by atoms with Gasteiger partial charge in [-0.15, -0.1) is 0 Å². The Hall–Kier alpha value is -2.43. The number of rotatable bonds is 6. The summed E-state index contributed by atoms with van der Waals surface area (Å²) >= 11 is 0. The lowest BCUT2D eigenvalue weighted by Crippen LogP contribution is -2.66. The summed E-state index contributed by atoms with van der Waals surface area (Å²) in [5.41, 5.74) is 13.1. The van der Waals surface area contributed by atoms with Crippen molar-refractivity contribution in [3.8, 4) is 6.07 Å². The van der Waals surface area contributed by atoms with E-state index in [0.29, 0.717) is 30.6 Å². The second-order valence-electron chi connectivity index (χ2n) is 11.9. The van der Waals surface area contributed by atoms with E-state index in [1.165, 1.54) is 0 Å². The Morgan fingerprint density at radius 3 is 2.47 bits per heavy atom. The van der Waals surface area contributed by atoms with Crippen LogP contribution in [-0.4, -0.2) is 46.5 Å². The molecule has 4 bridgehead atoms. The molecule has 0 aromatic heterocycles. The quantitative estimate of drug-likeness (QED) is 0.626. The number of nitriles is 1. The number of carbonyl (C=O) groups excluding carboxylic acids is 2. The number of fused-ring (bicyclic) bond motifs is 1. The van der Waals surface area contributed by atoms with E-state index in [-0.39, 0.29) is 29.4 Å². The summed E-state index contributed by atoms with van der Waals surface area (Å²) in [5.74, 6) is 0.872. The highest BCUT2D eigenvalue weighted by Gasteiger charge is 2.64. The molecule has 1 saturated heterocycles. The lowest BCUT2D eigenvalue weighted by molar-refractivity contribution is -0.207. The Labute approximate surface area is 200 Å². The summed E-state index contributed by atoms with van der Waals surface area (Å²) in [6.45, 7) is 0. The van der Waals surface area contributed by atoms with Crippen molar-refractivity contribution in [3.05, 3.63) is 35.9 Å². The topological polar surface area (TPSA) is 122 Å². The van der Waals surface area contributed by atoms with Crippen LogP contribution in [-0.2, 0) is 20.7 Å². The van der Waals surface area contributed by atoms with Crippen LogP contribution in [0.25, 0.3) is 0 Å². The number of hydrogen-bond acceptors (Lipinski definition) is 6. The maximum absolute atomic E-state index is 13.6. The molecule has 6 fully saturated rings. The number of esters is 1. The van der Waals surface area contributed by atoms with Crippen LogP contribution in [0.1, 0.15) is 56.9 Å². The molecule has 1 aliphatic heterocycles. The molecule has 1 amide bonds. The van der Waals surface area contributed by atoms with E-state index in [4.69, 9.17) is 16.2 Å². The zero-order valence-electron chi connectivity index (χ0n) is 19.6. The van der Waals surface area contributed by atoms with Crippen LogP contribution in [0.5, 0.6) is 0 Å². The smallest absolute Gasteiger partial charge is 0.323 e. The van der Waals surface area contributed by atoms with Gasteiger partial charge in [0, 0.05) is 6.04 Å². The van der Waals surface area contributed by atoms with Gasteiger partial charge in [0.2, 0.25) is 5.91 Å². The van der Waals surface area contributed by atoms with E-state index in [0.717, 1.165) is 50.5 Å². The fourth-order valence-electron chi connectivity index (χ4n) is 8.28. The minimum absolute atomic E-state index is 0.0687. The molecule has 180 valence electrons. The van der Waals surface area contributed by atoms with Gasteiger partial charge in [-0.3, -0.25) is 9.59 Å². The van der Waals surface area contributed by atoms with Gasteiger partial charge in [-0.25, -0.2) is 0 Å². The molecule has 34 heavy (non-hydrogen) atoms. The Kier molecular flexibility index (Phi) is 5.06. The number of ether oxygens (including phenoxy) is 1. The Morgan fingerprint density at radius 2 is 1.79 bits per heavy atom. The monoisotopic (exact) mass is 462 g/mol.